The molecule has 0 atom stereocenters. The normalized spacial score (nSPS) is 10.4. The van der Waals surface area contributed by atoms with Gasteiger partial charge in [-0.15, -0.1) is 0 Å². The quantitative estimate of drug-likeness (QED) is 0.711. The average Bonchev–Trinajstić information content (AvgIpc) is 2.60. The lowest BCUT2D eigenvalue weighted by molar-refractivity contribution is 0.102. The molecule has 0 unspecified atom stereocenters. The first-order valence-corrected chi connectivity index (χ1v) is 8.13. The van der Waals surface area contributed by atoms with Crippen molar-refractivity contribution in [3.8, 4) is 0 Å². The Balaban J connectivity index is 1.74. The van der Waals surface area contributed by atoms with E-state index in [1.807, 2.05) is 44.2 Å². The maximum atomic E-state index is 12.4. The molecular formula is C19H17ClN4O. The van der Waals surface area contributed by atoms with Gasteiger partial charge in [-0.2, -0.15) is 0 Å². The molecule has 1 amide bonds. The zero-order valence-electron chi connectivity index (χ0n) is 13.9. The van der Waals surface area contributed by atoms with Crippen LogP contribution in [0.4, 0.5) is 17.3 Å². The van der Waals surface area contributed by atoms with Gasteiger partial charge in [0.2, 0.25) is 5.95 Å². The topological polar surface area (TPSA) is 66.9 Å². The standard InChI is InChI=1S/C19H17ClN4O/c1-12-3-6-16(11-13(12)2)22-18(25)17-9-10-21-19(24-17)23-15-7-4-14(20)5-8-15/h3-11H,1-2H3,(H,22,25)(H,21,23,24). The third-order valence-corrected chi connectivity index (χ3v) is 4.01. The summed E-state index contributed by atoms with van der Waals surface area (Å²) in [6, 6.07) is 14.5. The van der Waals surface area contributed by atoms with Crippen molar-refractivity contribution in [1.82, 2.24) is 9.97 Å². The molecule has 126 valence electrons. The van der Waals surface area contributed by atoms with Crippen LogP contribution in [0.1, 0.15) is 21.6 Å². The molecule has 3 aromatic rings. The number of aromatic nitrogens is 2. The van der Waals surface area contributed by atoms with Crippen molar-refractivity contribution in [2.24, 2.45) is 0 Å². The fourth-order valence-corrected chi connectivity index (χ4v) is 2.35. The van der Waals surface area contributed by atoms with Crippen LogP contribution in [0.2, 0.25) is 5.02 Å². The first kappa shape index (κ1) is 16.9. The van der Waals surface area contributed by atoms with Gasteiger partial charge in [-0.25, -0.2) is 9.97 Å². The predicted molar refractivity (Wildman–Crippen MR) is 101 cm³/mol. The van der Waals surface area contributed by atoms with Crippen LogP contribution in [0, 0.1) is 13.8 Å². The molecule has 0 bridgehead atoms. The number of halogens is 1. The lowest BCUT2D eigenvalue weighted by Gasteiger charge is -2.09. The summed E-state index contributed by atoms with van der Waals surface area (Å²) in [5.41, 5.74) is 4.10. The summed E-state index contributed by atoms with van der Waals surface area (Å²) in [5, 5.41) is 6.54. The number of nitrogens with zero attached hydrogens (tertiary/aromatic N) is 2. The van der Waals surface area contributed by atoms with E-state index in [4.69, 9.17) is 11.6 Å². The highest BCUT2D eigenvalue weighted by Gasteiger charge is 2.10. The Labute approximate surface area is 151 Å². The maximum absolute atomic E-state index is 12.4. The highest BCUT2D eigenvalue weighted by molar-refractivity contribution is 6.30. The molecule has 0 saturated carbocycles. The van der Waals surface area contributed by atoms with Crippen LogP contribution in [0.3, 0.4) is 0 Å². The Morgan fingerprint density at radius 1 is 0.960 bits per heavy atom. The third kappa shape index (κ3) is 4.33. The van der Waals surface area contributed by atoms with Crippen LogP contribution in [-0.2, 0) is 0 Å². The summed E-state index contributed by atoms with van der Waals surface area (Å²) in [7, 11) is 0. The number of rotatable bonds is 4. The smallest absolute Gasteiger partial charge is 0.274 e. The molecule has 3 rings (SSSR count). The first-order chi connectivity index (χ1) is 12.0. The van der Waals surface area contributed by atoms with Crippen molar-refractivity contribution < 1.29 is 4.79 Å². The predicted octanol–water partition coefficient (Wildman–Crippen LogP) is 4.74. The SMILES string of the molecule is Cc1ccc(NC(=O)c2ccnc(Nc3ccc(Cl)cc3)n2)cc1C. The lowest BCUT2D eigenvalue weighted by atomic mass is 10.1. The monoisotopic (exact) mass is 352 g/mol. The fraction of sp³-hybridized carbons (Fsp3) is 0.105. The number of hydrogen-bond acceptors (Lipinski definition) is 4. The molecule has 1 heterocycles. The molecule has 25 heavy (non-hydrogen) atoms. The molecule has 0 aliphatic rings. The summed E-state index contributed by atoms with van der Waals surface area (Å²) < 4.78 is 0. The molecule has 6 heteroatoms. The highest BCUT2D eigenvalue weighted by Crippen LogP contribution is 2.17. The molecule has 5 nitrogen and oxygen atoms in total. The zero-order chi connectivity index (χ0) is 17.8. The minimum atomic E-state index is -0.287. The minimum Gasteiger partial charge on any atom is -0.324 e. The second kappa shape index (κ2) is 7.32. The number of carbonyl (C=O) groups is 1. The van der Waals surface area contributed by atoms with E-state index in [1.54, 1.807) is 24.4 Å². The Kier molecular flexibility index (Phi) is 4.95. The first-order valence-electron chi connectivity index (χ1n) is 7.75. The largest absolute Gasteiger partial charge is 0.324 e. The number of benzene rings is 2. The summed E-state index contributed by atoms with van der Waals surface area (Å²) in [6.07, 6.45) is 1.54. The molecule has 2 aromatic carbocycles. The van der Waals surface area contributed by atoms with E-state index in [1.165, 1.54) is 5.56 Å². The number of amides is 1. The maximum Gasteiger partial charge on any atom is 0.274 e. The molecular weight excluding hydrogens is 336 g/mol. The summed E-state index contributed by atoms with van der Waals surface area (Å²) in [5.74, 6) is 0.0554. The van der Waals surface area contributed by atoms with Gasteiger partial charge in [-0.05, 0) is 67.4 Å². The van der Waals surface area contributed by atoms with Crippen molar-refractivity contribution in [2.45, 2.75) is 13.8 Å². The summed E-state index contributed by atoms with van der Waals surface area (Å²) in [4.78, 5) is 20.8. The Bertz CT molecular complexity index is 910. The van der Waals surface area contributed by atoms with Gasteiger partial charge in [-0.1, -0.05) is 17.7 Å². The van der Waals surface area contributed by atoms with Crippen LogP contribution < -0.4 is 10.6 Å². The number of carbonyl (C=O) groups excluding carboxylic acids is 1. The molecule has 0 spiro atoms. The molecule has 0 aliphatic heterocycles. The van der Waals surface area contributed by atoms with Crippen molar-refractivity contribution in [2.75, 3.05) is 10.6 Å². The van der Waals surface area contributed by atoms with Crippen molar-refractivity contribution in [1.29, 1.82) is 0 Å². The van der Waals surface area contributed by atoms with E-state index in [-0.39, 0.29) is 11.6 Å². The molecule has 1 aromatic heterocycles. The van der Waals surface area contributed by atoms with Crippen molar-refractivity contribution in [3.63, 3.8) is 0 Å². The number of hydrogen-bond donors (Lipinski definition) is 2. The van der Waals surface area contributed by atoms with Crippen molar-refractivity contribution in [3.05, 3.63) is 76.6 Å². The van der Waals surface area contributed by atoms with Crippen LogP contribution in [0.5, 0.6) is 0 Å². The minimum absolute atomic E-state index is 0.282. The van der Waals surface area contributed by atoms with Gasteiger partial charge in [0.1, 0.15) is 5.69 Å². The van der Waals surface area contributed by atoms with Crippen molar-refractivity contribution >= 4 is 34.8 Å². The summed E-state index contributed by atoms with van der Waals surface area (Å²) >= 11 is 5.87. The van der Waals surface area contributed by atoms with E-state index in [2.05, 4.69) is 20.6 Å². The van der Waals surface area contributed by atoms with Gasteiger partial charge < -0.3 is 10.6 Å². The Morgan fingerprint density at radius 3 is 2.40 bits per heavy atom. The van der Waals surface area contributed by atoms with E-state index in [9.17, 15) is 4.79 Å². The third-order valence-electron chi connectivity index (χ3n) is 3.75. The molecule has 2 N–H and O–H groups in total. The van der Waals surface area contributed by atoms with Gasteiger partial charge in [0.05, 0.1) is 0 Å². The van der Waals surface area contributed by atoms with E-state index in [0.29, 0.717) is 11.0 Å². The molecule has 0 radical (unpaired) electrons. The lowest BCUT2D eigenvalue weighted by Crippen LogP contribution is -2.15. The van der Waals surface area contributed by atoms with E-state index in [0.717, 1.165) is 16.9 Å². The van der Waals surface area contributed by atoms with Crippen LogP contribution >= 0.6 is 11.6 Å². The van der Waals surface area contributed by atoms with Gasteiger partial charge in [-0.3, -0.25) is 4.79 Å². The van der Waals surface area contributed by atoms with Crippen LogP contribution in [-0.4, -0.2) is 15.9 Å². The van der Waals surface area contributed by atoms with Gasteiger partial charge >= 0.3 is 0 Å². The van der Waals surface area contributed by atoms with Gasteiger partial charge in [0.25, 0.3) is 5.91 Å². The fourth-order valence-electron chi connectivity index (χ4n) is 2.22. The van der Waals surface area contributed by atoms with Crippen LogP contribution in [0.15, 0.2) is 54.7 Å². The van der Waals surface area contributed by atoms with Gasteiger partial charge in [0.15, 0.2) is 0 Å². The molecule has 0 aliphatic carbocycles. The highest BCUT2D eigenvalue weighted by atomic mass is 35.5. The Morgan fingerprint density at radius 2 is 1.68 bits per heavy atom. The van der Waals surface area contributed by atoms with Gasteiger partial charge in [0, 0.05) is 22.6 Å². The average molecular weight is 353 g/mol. The second-order valence-electron chi connectivity index (χ2n) is 5.65. The molecule has 0 fully saturated rings. The summed E-state index contributed by atoms with van der Waals surface area (Å²) in [6.45, 7) is 4.03. The number of aryl methyl sites for hydroxylation is 2. The number of anilines is 3. The second-order valence-corrected chi connectivity index (χ2v) is 6.09. The van der Waals surface area contributed by atoms with E-state index < -0.39 is 0 Å². The zero-order valence-corrected chi connectivity index (χ0v) is 14.6. The number of nitrogens with one attached hydrogen (secondary N) is 2. The van der Waals surface area contributed by atoms with E-state index >= 15 is 0 Å². The molecule has 0 saturated heterocycles. The Hall–Kier alpha value is -2.92. The van der Waals surface area contributed by atoms with Crippen LogP contribution in [0.25, 0.3) is 0 Å².